The molecule has 0 atom stereocenters. The minimum Gasteiger partial charge on any atom is -0.474 e. The molecule has 5 rings (SSSR count). The maximum Gasteiger partial charge on any atom is 0.283 e. The molecule has 0 amide bonds. The topological polar surface area (TPSA) is 87.7 Å². The highest BCUT2D eigenvalue weighted by atomic mass is 16.5. The van der Waals surface area contributed by atoms with Gasteiger partial charge >= 0.3 is 0 Å². The molecule has 140 valence electrons. The van der Waals surface area contributed by atoms with E-state index in [1.807, 2.05) is 30.7 Å². The lowest BCUT2D eigenvalue weighted by Crippen LogP contribution is -2.22. The van der Waals surface area contributed by atoms with Gasteiger partial charge in [-0.1, -0.05) is 0 Å². The average Bonchev–Trinajstić information content (AvgIpc) is 3.47. The van der Waals surface area contributed by atoms with Crippen LogP contribution in [0.25, 0.3) is 22.4 Å². The first-order chi connectivity index (χ1) is 13.6. The molecule has 1 fully saturated rings. The minimum absolute atomic E-state index is 0.250. The summed E-state index contributed by atoms with van der Waals surface area (Å²) < 4.78 is 9.12. The SMILES string of the molecule is Cc1c(-n2cc3c(=O)n(-c4ncccn4)ncc3c2C)ccnc1OC1CC1. The number of hydrogen-bond donors (Lipinski definition) is 0. The molecule has 1 aliphatic rings. The van der Waals surface area contributed by atoms with E-state index in [1.165, 1.54) is 4.68 Å². The number of aromatic nitrogens is 6. The zero-order chi connectivity index (χ0) is 19.3. The van der Waals surface area contributed by atoms with Gasteiger partial charge in [0.1, 0.15) is 6.10 Å². The molecule has 8 heteroatoms. The van der Waals surface area contributed by atoms with E-state index in [4.69, 9.17) is 4.74 Å². The van der Waals surface area contributed by atoms with Gasteiger partial charge < -0.3 is 9.30 Å². The van der Waals surface area contributed by atoms with Crippen molar-refractivity contribution in [3.05, 3.63) is 64.7 Å². The third-order valence-corrected chi connectivity index (χ3v) is 4.96. The van der Waals surface area contributed by atoms with Crippen LogP contribution in [0.4, 0.5) is 0 Å². The van der Waals surface area contributed by atoms with Gasteiger partial charge in [0.15, 0.2) is 0 Å². The molecular weight excluding hydrogens is 356 g/mol. The predicted molar refractivity (Wildman–Crippen MR) is 103 cm³/mol. The van der Waals surface area contributed by atoms with Crippen molar-refractivity contribution >= 4 is 10.8 Å². The third kappa shape index (κ3) is 2.65. The summed E-state index contributed by atoms with van der Waals surface area (Å²) in [6.45, 7) is 3.95. The summed E-state index contributed by atoms with van der Waals surface area (Å²) in [4.78, 5) is 25.6. The van der Waals surface area contributed by atoms with Crippen molar-refractivity contribution in [2.45, 2.75) is 32.8 Å². The van der Waals surface area contributed by atoms with E-state index >= 15 is 0 Å². The number of fused-ring (bicyclic) bond motifs is 1. The van der Waals surface area contributed by atoms with Gasteiger partial charge in [-0.15, -0.1) is 0 Å². The van der Waals surface area contributed by atoms with Crippen molar-refractivity contribution in [1.29, 1.82) is 0 Å². The third-order valence-electron chi connectivity index (χ3n) is 4.96. The Balaban J connectivity index is 1.67. The second-order valence-corrected chi connectivity index (χ2v) is 6.90. The molecule has 0 spiro atoms. The number of pyridine rings is 1. The van der Waals surface area contributed by atoms with Crippen molar-refractivity contribution in [2.24, 2.45) is 0 Å². The molecule has 0 radical (unpaired) electrons. The summed E-state index contributed by atoms with van der Waals surface area (Å²) in [6, 6.07) is 3.62. The van der Waals surface area contributed by atoms with Crippen LogP contribution in [-0.4, -0.2) is 35.4 Å². The highest BCUT2D eigenvalue weighted by Crippen LogP contribution is 2.31. The molecule has 4 heterocycles. The zero-order valence-corrected chi connectivity index (χ0v) is 15.5. The smallest absolute Gasteiger partial charge is 0.283 e. The van der Waals surface area contributed by atoms with Gasteiger partial charge in [0.25, 0.3) is 11.5 Å². The molecule has 1 saturated carbocycles. The fourth-order valence-electron chi connectivity index (χ4n) is 3.26. The van der Waals surface area contributed by atoms with Crippen LogP contribution in [0.2, 0.25) is 0 Å². The largest absolute Gasteiger partial charge is 0.474 e. The Morgan fingerprint density at radius 2 is 1.86 bits per heavy atom. The van der Waals surface area contributed by atoms with Crippen LogP contribution in [0.5, 0.6) is 5.88 Å². The summed E-state index contributed by atoms with van der Waals surface area (Å²) in [5.74, 6) is 0.894. The van der Waals surface area contributed by atoms with Crippen molar-refractivity contribution in [3.8, 4) is 17.5 Å². The Kier molecular flexibility index (Phi) is 3.71. The van der Waals surface area contributed by atoms with Crippen LogP contribution in [-0.2, 0) is 0 Å². The number of hydrogen-bond acceptors (Lipinski definition) is 6. The first-order valence-corrected chi connectivity index (χ1v) is 9.13. The van der Waals surface area contributed by atoms with E-state index in [0.29, 0.717) is 11.3 Å². The molecule has 0 aromatic carbocycles. The fraction of sp³-hybridized carbons (Fsp3) is 0.250. The quantitative estimate of drug-likeness (QED) is 0.545. The average molecular weight is 374 g/mol. The zero-order valence-electron chi connectivity index (χ0n) is 15.5. The molecular formula is C20H18N6O2. The molecule has 8 nitrogen and oxygen atoms in total. The standard InChI is InChI=1S/C20H18N6O2/c1-12-17(6-9-21-18(12)28-14-4-5-14)25-11-16-15(13(25)2)10-24-26(19(16)27)20-22-7-3-8-23-20/h3,6-11,14H,4-5H2,1-2H3. The van der Waals surface area contributed by atoms with Gasteiger partial charge in [0.05, 0.1) is 17.3 Å². The Morgan fingerprint density at radius 3 is 2.61 bits per heavy atom. The van der Waals surface area contributed by atoms with E-state index in [0.717, 1.165) is 35.2 Å². The summed E-state index contributed by atoms with van der Waals surface area (Å²) in [5.41, 5.74) is 2.54. The second-order valence-electron chi connectivity index (χ2n) is 6.90. The molecule has 0 saturated heterocycles. The second kappa shape index (κ2) is 6.26. The minimum atomic E-state index is -0.258. The Hall–Kier alpha value is -3.55. The Labute approximate surface area is 160 Å². The van der Waals surface area contributed by atoms with E-state index in [1.54, 1.807) is 30.9 Å². The number of rotatable bonds is 4. The van der Waals surface area contributed by atoms with E-state index < -0.39 is 0 Å². The highest BCUT2D eigenvalue weighted by Gasteiger charge is 2.25. The van der Waals surface area contributed by atoms with Crippen molar-refractivity contribution in [3.63, 3.8) is 0 Å². The van der Waals surface area contributed by atoms with Crippen LogP contribution >= 0.6 is 0 Å². The molecule has 4 aromatic heterocycles. The lowest BCUT2D eigenvalue weighted by Gasteiger charge is -2.13. The normalized spacial score (nSPS) is 13.8. The van der Waals surface area contributed by atoms with E-state index in [9.17, 15) is 4.79 Å². The number of aryl methyl sites for hydroxylation is 1. The van der Waals surface area contributed by atoms with Gasteiger partial charge in [0, 0.05) is 41.4 Å². The Bertz CT molecular complexity index is 1240. The monoisotopic (exact) mass is 374 g/mol. The highest BCUT2D eigenvalue weighted by molar-refractivity contribution is 5.85. The van der Waals surface area contributed by atoms with E-state index in [-0.39, 0.29) is 17.6 Å². The fourth-order valence-corrected chi connectivity index (χ4v) is 3.26. The van der Waals surface area contributed by atoms with Gasteiger partial charge in [-0.25, -0.2) is 15.0 Å². The molecule has 0 aliphatic heterocycles. The summed E-state index contributed by atoms with van der Waals surface area (Å²) in [5, 5.41) is 5.61. The van der Waals surface area contributed by atoms with Crippen LogP contribution in [0.3, 0.4) is 0 Å². The molecule has 1 aliphatic carbocycles. The van der Waals surface area contributed by atoms with Crippen LogP contribution in [0, 0.1) is 13.8 Å². The van der Waals surface area contributed by atoms with Crippen molar-refractivity contribution < 1.29 is 4.74 Å². The molecule has 4 aromatic rings. The van der Waals surface area contributed by atoms with Gasteiger partial charge in [-0.2, -0.15) is 9.78 Å². The van der Waals surface area contributed by atoms with Gasteiger partial charge in [-0.3, -0.25) is 4.79 Å². The van der Waals surface area contributed by atoms with Crippen molar-refractivity contribution in [1.82, 2.24) is 29.3 Å². The van der Waals surface area contributed by atoms with Gasteiger partial charge in [0.2, 0.25) is 5.88 Å². The predicted octanol–water partition coefficient (Wildman–Crippen LogP) is 2.52. The first kappa shape index (κ1) is 16.6. The lowest BCUT2D eigenvalue weighted by molar-refractivity contribution is 0.289. The first-order valence-electron chi connectivity index (χ1n) is 9.13. The van der Waals surface area contributed by atoms with Crippen LogP contribution < -0.4 is 10.3 Å². The maximum absolute atomic E-state index is 13.0. The van der Waals surface area contributed by atoms with Crippen LogP contribution in [0.15, 0.2) is 47.9 Å². The lowest BCUT2D eigenvalue weighted by atomic mass is 10.2. The summed E-state index contributed by atoms with van der Waals surface area (Å²) in [7, 11) is 0. The molecule has 28 heavy (non-hydrogen) atoms. The number of nitrogens with zero attached hydrogens (tertiary/aromatic N) is 6. The van der Waals surface area contributed by atoms with E-state index in [2.05, 4.69) is 20.1 Å². The molecule has 0 unspecified atom stereocenters. The van der Waals surface area contributed by atoms with Crippen LogP contribution in [0.1, 0.15) is 24.1 Å². The Morgan fingerprint density at radius 1 is 1.07 bits per heavy atom. The number of ether oxygens (including phenoxy) is 1. The maximum atomic E-state index is 13.0. The molecule has 0 bridgehead atoms. The van der Waals surface area contributed by atoms with Crippen molar-refractivity contribution in [2.75, 3.05) is 0 Å². The molecule has 0 N–H and O–H groups in total. The van der Waals surface area contributed by atoms with Gasteiger partial charge in [-0.05, 0) is 38.8 Å². The summed E-state index contributed by atoms with van der Waals surface area (Å²) in [6.07, 6.45) is 10.8. The summed E-state index contributed by atoms with van der Waals surface area (Å²) >= 11 is 0.